The van der Waals surface area contributed by atoms with Crippen LogP contribution in [-0.2, 0) is 9.59 Å². The van der Waals surface area contributed by atoms with Crippen LogP contribution in [0.2, 0.25) is 0 Å². The molecule has 0 aromatic carbocycles. The predicted octanol–water partition coefficient (Wildman–Crippen LogP) is 6.08. The second-order valence-corrected chi connectivity index (χ2v) is 9.47. The molecule has 0 spiro atoms. The van der Waals surface area contributed by atoms with Gasteiger partial charge in [-0.3, -0.25) is 9.59 Å². The highest BCUT2D eigenvalue weighted by Crippen LogP contribution is 2.52. The van der Waals surface area contributed by atoms with E-state index in [0.717, 1.165) is 38.5 Å². The lowest BCUT2D eigenvalue weighted by Crippen LogP contribution is -2.32. The van der Waals surface area contributed by atoms with Crippen molar-refractivity contribution in [1.82, 2.24) is 0 Å². The van der Waals surface area contributed by atoms with Crippen LogP contribution in [0.4, 0.5) is 0 Å². The van der Waals surface area contributed by atoms with Gasteiger partial charge < -0.3 is 0 Å². The number of Topliss-reactive ketones (excluding diaryl/α,β-unsaturated/α-hetero) is 2. The first-order chi connectivity index (χ1) is 11.0. The number of hydrogen-bond acceptors (Lipinski definition) is 2. The van der Waals surface area contributed by atoms with Crippen LogP contribution in [-0.4, -0.2) is 11.6 Å². The topological polar surface area (TPSA) is 34.1 Å². The SMILES string of the molecule is CCC(C)(C)CC1CC(CC(C)(CC)CC)[C@H](C(C)=O)[C@@H]1C(C)=O. The van der Waals surface area contributed by atoms with Crippen molar-refractivity contribution in [3.05, 3.63) is 0 Å². The Labute approximate surface area is 150 Å². The van der Waals surface area contributed by atoms with Crippen LogP contribution in [0, 0.1) is 34.5 Å². The molecule has 1 fully saturated rings. The molecule has 24 heavy (non-hydrogen) atoms. The number of rotatable bonds is 9. The van der Waals surface area contributed by atoms with Gasteiger partial charge >= 0.3 is 0 Å². The van der Waals surface area contributed by atoms with Crippen molar-refractivity contribution < 1.29 is 9.59 Å². The summed E-state index contributed by atoms with van der Waals surface area (Å²) < 4.78 is 0. The standard InChI is InChI=1S/C22H40O2/c1-9-21(6,7)13-17-12-18(14-22(8,10-2)11-3)20(16(5)24)19(17)15(4)23/h17-20H,9-14H2,1-8H3/t17?,18?,19-,20+/m1/s1. The van der Waals surface area contributed by atoms with Gasteiger partial charge in [-0.2, -0.15) is 0 Å². The molecule has 0 aliphatic heterocycles. The highest BCUT2D eigenvalue weighted by Gasteiger charge is 2.49. The number of ketones is 2. The van der Waals surface area contributed by atoms with Crippen molar-refractivity contribution >= 4 is 11.6 Å². The third kappa shape index (κ3) is 4.92. The maximum Gasteiger partial charge on any atom is 0.133 e. The van der Waals surface area contributed by atoms with Crippen molar-refractivity contribution in [3.8, 4) is 0 Å². The quantitative estimate of drug-likeness (QED) is 0.511. The summed E-state index contributed by atoms with van der Waals surface area (Å²) in [6, 6.07) is 0. The normalized spacial score (nSPS) is 28.2. The summed E-state index contributed by atoms with van der Waals surface area (Å²) in [7, 11) is 0. The van der Waals surface area contributed by atoms with Crippen LogP contribution in [0.5, 0.6) is 0 Å². The van der Waals surface area contributed by atoms with Crippen molar-refractivity contribution in [2.24, 2.45) is 34.5 Å². The summed E-state index contributed by atoms with van der Waals surface area (Å²) in [6.45, 7) is 17.1. The zero-order chi connectivity index (χ0) is 18.7. The number of hydrogen-bond donors (Lipinski definition) is 0. The maximum atomic E-state index is 12.5. The van der Waals surface area contributed by atoms with Gasteiger partial charge in [0.05, 0.1) is 0 Å². The first-order valence-corrected chi connectivity index (χ1v) is 10.0. The fourth-order valence-corrected chi connectivity index (χ4v) is 4.88. The summed E-state index contributed by atoms with van der Waals surface area (Å²) in [5.74, 6) is 1.08. The maximum absolute atomic E-state index is 12.5. The van der Waals surface area contributed by atoms with Gasteiger partial charge in [-0.05, 0) is 55.8 Å². The number of carbonyl (C=O) groups is 2. The molecule has 2 nitrogen and oxygen atoms in total. The Hall–Kier alpha value is -0.660. The Kier molecular flexibility index (Phi) is 7.26. The molecular formula is C22H40O2. The van der Waals surface area contributed by atoms with Crippen LogP contribution >= 0.6 is 0 Å². The molecule has 0 amide bonds. The first-order valence-electron chi connectivity index (χ1n) is 10.0. The molecule has 0 radical (unpaired) electrons. The molecule has 0 aromatic heterocycles. The van der Waals surface area contributed by atoms with Crippen LogP contribution in [0.3, 0.4) is 0 Å². The van der Waals surface area contributed by atoms with Crippen molar-refractivity contribution in [1.29, 1.82) is 0 Å². The predicted molar refractivity (Wildman–Crippen MR) is 102 cm³/mol. The molecule has 1 aliphatic carbocycles. The summed E-state index contributed by atoms with van der Waals surface area (Å²) in [5.41, 5.74) is 0.530. The summed E-state index contributed by atoms with van der Waals surface area (Å²) >= 11 is 0. The molecule has 1 rings (SSSR count). The van der Waals surface area contributed by atoms with E-state index in [1.165, 1.54) is 0 Å². The van der Waals surface area contributed by atoms with Gasteiger partial charge in [0.1, 0.15) is 11.6 Å². The van der Waals surface area contributed by atoms with E-state index in [9.17, 15) is 9.59 Å². The molecule has 1 saturated carbocycles. The molecule has 0 bridgehead atoms. The fourth-order valence-electron chi connectivity index (χ4n) is 4.88. The average molecular weight is 337 g/mol. The zero-order valence-corrected chi connectivity index (χ0v) is 17.4. The van der Waals surface area contributed by atoms with E-state index >= 15 is 0 Å². The minimum absolute atomic E-state index is 0.0578. The van der Waals surface area contributed by atoms with Crippen LogP contribution in [0.15, 0.2) is 0 Å². The third-order valence-electron chi connectivity index (χ3n) is 7.18. The lowest BCUT2D eigenvalue weighted by Gasteiger charge is -2.32. The molecule has 2 unspecified atom stereocenters. The van der Waals surface area contributed by atoms with E-state index in [-0.39, 0.29) is 34.2 Å². The summed E-state index contributed by atoms with van der Waals surface area (Å²) in [5, 5.41) is 0. The summed E-state index contributed by atoms with van der Waals surface area (Å²) in [4.78, 5) is 24.9. The first kappa shape index (κ1) is 21.4. The highest BCUT2D eigenvalue weighted by atomic mass is 16.1. The van der Waals surface area contributed by atoms with Crippen molar-refractivity contribution in [3.63, 3.8) is 0 Å². The van der Waals surface area contributed by atoms with Gasteiger partial charge in [-0.25, -0.2) is 0 Å². The monoisotopic (exact) mass is 336 g/mol. The second kappa shape index (κ2) is 8.15. The van der Waals surface area contributed by atoms with E-state index in [0.29, 0.717) is 11.8 Å². The van der Waals surface area contributed by atoms with Gasteiger partial charge in [0.25, 0.3) is 0 Å². The highest BCUT2D eigenvalue weighted by molar-refractivity contribution is 5.88. The smallest absolute Gasteiger partial charge is 0.133 e. The lowest BCUT2D eigenvalue weighted by atomic mass is 9.72. The Bertz CT molecular complexity index is 445. The van der Waals surface area contributed by atoms with Gasteiger partial charge in [0.2, 0.25) is 0 Å². The Morgan fingerprint density at radius 1 is 0.792 bits per heavy atom. The minimum atomic E-state index is -0.0590. The molecule has 2 heteroatoms. The Balaban J connectivity index is 3.12. The molecule has 140 valence electrons. The van der Waals surface area contributed by atoms with Crippen LogP contribution < -0.4 is 0 Å². The van der Waals surface area contributed by atoms with Crippen molar-refractivity contribution in [2.75, 3.05) is 0 Å². The average Bonchev–Trinajstić information content (AvgIpc) is 2.84. The largest absolute Gasteiger partial charge is 0.300 e. The lowest BCUT2D eigenvalue weighted by molar-refractivity contribution is -0.131. The minimum Gasteiger partial charge on any atom is -0.300 e. The summed E-state index contributed by atoms with van der Waals surface area (Å²) in [6.07, 6.45) is 6.58. The van der Waals surface area contributed by atoms with E-state index in [1.54, 1.807) is 13.8 Å². The van der Waals surface area contributed by atoms with E-state index in [2.05, 4.69) is 41.5 Å². The van der Waals surface area contributed by atoms with Gasteiger partial charge in [0.15, 0.2) is 0 Å². The van der Waals surface area contributed by atoms with Gasteiger partial charge in [0, 0.05) is 11.8 Å². The van der Waals surface area contributed by atoms with Gasteiger partial charge in [-0.15, -0.1) is 0 Å². The fraction of sp³-hybridized carbons (Fsp3) is 0.909. The van der Waals surface area contributed by atoms with E-state index < -0.39 is 0 Å². The van der Waals surface area contributed by atoms with Crippen LogP contribution in [0.1, 0.15) is 93.9 Å². The molecule has 0 aromatic rings. The van der Waals surface area contributed by atoms with E-state index in [4.69, 9.17) is 0 Å². The molecule has 0 N–H and O–H groups in total. The van der Waals surface area contributed by atoms with E-state index in [1.807, 2.05) is 0 Å². The van der Waals surface area contributed by atoms with Crippen molar-refractivity contribution in [2.45, 2.75) is 93.9 Å². The van der Waals surface area contributed by atoms with Gasteiger partial charge in [-0.1, -0.05) is 60.8 Å². The zero-order valence-electron chi connectivity index (χ0n) is 17.4. The number of carbonyl (C=O) groups excluding carboxylic acids is 2. The van der Waals surface area contributed by atoms with Crippen LogP contribution in [0.25, 0.3) is 0 Å². The Morgan fingerprint density at radius 3 is 1.54 bits per heavy atom. The molecular weight excluding hydrogens is 296 g/mol. The molecule has 1 aliphatic rings. The third-order valence-corrected chi connectivity index (χ3v) is 7.18. The second-order valence-electron chi connectivity index (χ2n) is 9.47. The molecule has 0 saturated heterocycles. The molecule has 0 heterocycles. The molecule has 4 atom stereocenters. The Morgan fingerprint density at radius 2 is 1.21 bits per heavy atom.